The number of benzene rings is 4. The fourth-order valence-corrected chi connectivity index (χ4v) is 7.12. The maximum atomic E-state index is 14.4. The number of nitrogens with one attached hydrogen (secondary N) is 2. The molecule has 0 fully saturated rings. The van der Waals surface area contributed by atoms with Gasteiger partial charge in [-0.3, -0.25) is 19.4 Å². The summed E-state index contributed by atoms with van der Waals surface area (Å²) in [5, 5.41) is 16.8. The molecule has 6 rings (SSSR count). The van der Waals surface area contributed by atoms with Gasteiger partial charge in [-0.25, -0.2) is 28.7 Å². The lowest BCUT2D eigenvalue weighted by Gasteiger charge is -2.31. The molecule has 5 N–H and O–H groups in total. The average Bonchev–Trinajstić information content (AvgIpc) is 3.24. The molecule has 328 valence electrons. The van der Waals surface area contributed by atoms with E-state index in [0.717, 1.165) is 11.1 Å². The molecule has 0 aliphatic rings. The van der Waals surface area contributed by atoms with Crippen LogP contribution in [0.5, 0.6) is 11.5 Å². The second-order valence-corrected chi connectivity index (χ2v) is 15.7. The van der Waals surface area contributed by atoms with Gasteiger partial charge in [0.05, 0.1) is 52.7 Å². The van der Waals surface area contributed by atoms with Crippen molar-refractivity contribution in [1.29, 1.82) is 0 Å². The van der Waals surface area contributed by atoms with Crippen molar-refractivity contribution < 1.29 is 33.0 Å². The van der Waals surface area contributed by atoms with Gasteiger partial charge in [-0.05, 0) is 77.9 Å². The van der Waals surface area contributed by atoms with E-state index >= 15 is 0 Å². The van der Waals surface area contributed by atoms with E-state index in [4.69, 9.17) is 38.4 Å². The Hall–Kier alpha value is -5.94. The molecule has 62 heavy (non-hydrogen) atoms. The van der Waals surface area contributed by atoms with Crippen LogP contribution in [0.1, 0.15) is 52.7 Å². The molecule has 2 atom stereocenters. The number of hydrogen-bond acceptors (Lipinski definition) is 12. The number of hydrogen-bond donors (Lipinski definition) is 4. The topological polar surface area (TPSA) is 181 Å². The highest BCUT2D eigenvalue weighted by atomic mass is 35.5. The monoisotopic (exact) mass is 891 g/mol. The van der Waals surface area contributed by atoms with Crippen LogP contribution in [0.4, 0.5) is 31.8 Å². The second-order valence-electron chi connectivity index (χ2n) is 14.9. The van der Waals surface area contributed by atoms with Crippen molar-refractivity contribution in [3.63, 3.8) is 0 Å². The molecule has 0 saturated carbocycles. The molecular formula is C44H49Cl2F2N9O5. The summed E-state index contributed by atoms with van der Waals surface area (Å²) < 4.78 is 39.9. The fraction of sp³-hybridized carbons (Fsp3) is 0.318. The Morgan fingerprint density at radius 2 is 1.10 bits per heavy atom. The SMILES string of the molecule is COc1cc2ncnc(Nc3cccc(Cl)c3F)c2cc1CN(C(C)C)[C@H](C)C(=O)O.COc1cc2ncnc(Nc3cccc(Cl)c3F)c2cc1CN(C(C)C)[C@H](C)C(N)=O. The van der Waals surface area contributed by atoms with Crippen LogP contribution in [-0.4, -0.2) is 85.1 Å². The van der Waals surface area contributed by atoms with Gasteiger partial charge >= 0.3 is 5.97 Å². The average molecular weight is 893 g/mol. The van der Waals surface area contributed by atoms with Gasteiger partial charge in [0.25, 0.3) is 0 Å². The molecule has 2 aromatic heterocycles. The van der Waals surface area contributed by atoms with Crippen LogP contribution < -0.4 is 25.8 Å². The minimum Gasteiger partial charge on any atom is -0.496 e. The van der Waals surface area contributed by atoms with Crippen molar-refractivity contribution >= 4 is 79.9 Å². The number of halogens is 4. The van der Waals surface area contributed by atoms with Crippen LogP contribution in [0.15, 0.2) is 73.3 Å². The van der Waals surface area contributed by atoms with Gasteiger partial charge in [-0.1, -0.05) is 35.3 Å². The lowest BCUT2D eigenvalue weighted by atomic mass is 10.1. The van der Waals surface area contributed by atoms with Gasteiger partial charge in [0.15, 0.2) is 11.6 Å². The summed E-state index contributed by atoms with van der Waals surface area (Å²) in [5.41, 5.74) is 8.74. The quantitative estimate of drug-likeness (QED) is 0.0723. The number of nitrogens with zero attached hydrogens (tertiary/aromatic N) is 6. The number of aliphatic carboxylic acids is 1. The molecule has 18 heteroatoms. The first-order chi connectivity index (χ1) is 29.4. The van der Waals surface area contributed by atoms with E-state index in [1.54, 1.807) is 64.5 Å². The van der Waals surface area contributed by atoms with E-state index < -0.39 is 35.6 Å². The van der Waals surface area contributed by atoms with Crippen LogP contribution in [-0.2, 0) is 22.7 Å². The number of methoxy groups -OCH3 is 2. The van der Waals surface area contributed by atoms with E-state index in [-0.39, 0.29) is 33.5 Å². The summed E-state index contributed by atoms with van der Waals surface area (Å²) in [4.78, 5) is 44.3. The van der Waals surface area contributed by atoms with Crippen molar-refractivity contribution in [3.05, 3.63) is 106 Å². The van der Waals surface area contributed by atoms with E-state index in [0.29, 0.717) is 58.0 Å². The number of carboxylic acids is 1. The minimum atomic E-state index is -0.907. The van der Waals surface area contributed by atoms with Gasteiger partial charge in [-0.15, -0.1) is 0 Å². The number of rotatable bonds is 16. The van der Waals surface area contributed by atoms with Crippen LogP contribution in [0.25, 0.3) is 21.8 Å². The van der Waals surface area contributed by atoms with Gasteiger partial charge in [0, 0.05) is 59.2 Å². The Balaban J connectivity index is 0.000000234. The number of aromatic nitrogens is 4. The maximum absolute atomic E-state index is 14.4. The van der Waals surface area contributed by atoms with Crippen molar-refractivity contribution in [3.8, 4) is 11.5 Å². The molecule has 0 spiro atoms. The summed E-state index contributed by atoms with van der Waals surface area (Å²) in [6, 6.07) is 15.5. The molecule has 0 bridgehead atoms. The number of fused-ring (bicyclic) bond motifs is 2. The molecule has 6 aromatic rings. The third-order valence-electron chi connectivity index (χ3n) is 10.3. The third-order valence-corrected chi connectivity index (χ3v) is 10.9. The molecule has 4 aromatic carbocycles. The molecule has 0 radical (unpaired) electrons. The van der Waals surface area contributed by atoms with E-state index in [9.17, 15) is 23.5 Å². The number of amides is 1. The predicted molar refractivity (Wildman–Crippen MR) is 239 cm³/mol. The molecule has 0 saturated heterocycles. The van der Waals surface area contributed by atoms with Crippen molar-refractivity contribution in [2.45, 2.75) is 78.8 Å². The lowest BCUT2D eigenvalue weighted by molar-refractivity contribution is -0.143. The van der Waals surface area contributed by atoms with E-state index in [1.807, 2.05) is 49.6 Å². The van der Waals surface area contributed by atoms with Crippen molar-refractivity contribution in [2.75, 3.05) is 24.9 Å². The number of anilines is 4. The highest BCUT2D eigenvalue weighted by Crippen LogP contribution is 2.35. The van der Waals surface area contributed by atoms with Crippen LogP contribution in [0, 0.1) is 11.6 Å². The normalized spacial score (nSPS) is 12.4. The highest BCUT2D eigenvalue weighted by molar-refractivity contribution is 6.31. The first-order valence-corrected chi connectivity index (χ1v) is 20.3. The van der Waals surface area contributed by atoms with Crippen molar-refractivity contribution in [1.82, 2.24) is 29.7 Å². The number of nitrogens with two attached hydrogens (primary N) is 1. The summed E-state index contributed by atoms with van der Waals surface area (Å²) in [7, 11) is 3.12. The minimum absolute atomic E-state index is 0.000883. The van der Waals surface area contributed by atoms with Crippen molar-refractivity contribution in [2.24, 2.45) is 5.73 Å². The Kier molecular flexibility index (Phi) is 15.8. The van der Waals surface area contributed by atoms with Crippen LogP contribution >= 0.6 is 23.2 Å². The Bertz CT molecular complexity index is 2390. The first kappa shape index (κ1) is 47.1. The molecular weight excluding hydrogens is 843 g/mol. The largest absolute Gasteiger partial charge is 0.496 e. The standard InChI is InChI=1S/C22H25ClFN5O2.C22H24ClFN4O3/c1-12(2)29(13(3)21(25)30)10-14-8-15-18(9-19(14)31-4)26-11-27-22(15)28-17-7-5-6-16(23)20(17)24;1-12(2)28(13(3)22(29)30)10-14-8-15-18(9-19(14)31-4)25-11-26-21(15)27-17-7-5-6-16(23)20(17)24/h5-9,11-13H,10H2,1-4H3,(H2,25,30)(H,26,27,28);5-9,11-13H,10H2,1-4H3,(H,29,30)(H,25,26,27)/t2*13-/m11/s1. The number of carbonyl (C=O) groups excluding carboxylic acids is 1. The number of carboxylic acid groups (broad SMARTS) is 1. The number of carbonyl (C=O) groups is 2. The molecule has 1 amide bonds. The summed E-state index contributed by atoms with van der Waals surface area (Å²) in [6.45, 7) is 12.0. The van der Waals surface area contributed by atoms with Crippen LogP contribution in [0.2, 0.25) is 10.0 Å². The molecule has 0 aliphatic heterocycles. The maximum Gasteiger partial charge on any atom is 0.320 e. The summed E-state index contributed by atoms with van der Waals surface area (Å²) >= 11 is 11.8. The van der Waals surface area contributed by atoms with Gasteiger partial charge in [-0.2, -0.15) is 0 Å². The van der Waals surface area contributed by atoms with Gasteiger partial charge in [0.1, 0.15) is 41.8 Å². The predicted octanol–water partition coefficient (Wildman–Crippen LogP) is 9.12. The van der Waals surface area contributed by atoms with E-state index in [2.05, 4.69) is 30.6 Å². The lowest BCUT2D eigenvalue weighted by Crippen LogP contribution is -2.45. The fourth-order valence-electron chi connectivity index (χ4n) is 6.77. The second kappa shape index (κ2) is 20.8. The summed E-state index contributed by atoms with van der Waals surface area (Å²) in [5.74, 6) is -0.433. The number of primary amides is 1. The van der Waals surface area contributed by atoms with Crippen LogP contribution in [0.3, 0.4) is 0 Å². The zero-order valence-electron chi connectivity index (χ0n) is 35.5. The Morgan fingerprint density at radius 1 is 0.694 bits per heavy atom. The van der Waals surface area contributed by atoms with Gasteiger partial charge in [0.2, 0.25) is 5.91 Å². The van der Waals surface area contributed by atoms with Gasteiger partial charge < -0.3 is 30.9 Å². The zero-order valence-corrected chi connectivity index (χ0v) is 37.0. The zero-order chi connectivity index (χ0) is 45.4. The Morgan fingerprint density at radius 3 is 1.45 bits per heavy atom. The molecule has 2 heterocycles. The smallest absolute Gasteiger partial charge is 0.320 e. The highest BCUT2D eigenvalue weighted by Gasteiger charge is 2.26. The molecule has 14 nitrogen and oxygen atoms in total. The first-order valence-electron chi connectivity index (χ1n) is 19.5. The third kappa shape index (κ3) is 10.9. The van der Waals surface area contributed by atoms with E-state index in [1.165, 1.54) is 24.8 Å². The molecule has 0 unspecified atom stereocenters. The Labute approximate surface area is 368 Å². The summed E-state index contributed by atoms with van der Waals surface area (Å²) in [6.07, 6.45) is 2.76. The molecule has 0 aliphatic carbocycles. The number of ether oxygens (including phenoxy) is 2.